The molecule has 0 radical (unpaired) electrons. The van der Waals surface area contributed by atoms with Crippen LogP contribution in [-0.2, 0) is 0 Å². The summed E-state index contributed by atoms with van der Waals surface area (Å²) in [7, 11) is 4.18. The van der Waals surface area contributed by atoms with E-state index in [1.165, 1.54) is 32.1 Å². The standard InChI is InChI=1S/C17H27FN2/c1-13(14-9-7-8-10-15(14)18)20(3)17-12-6-4-5-11-16(17)19-2/h7-10,13,16-17,19H,4-6,11-12H2,1-3H3. The van der Waals surface area contributed by atoms with Gasteiger partial charge < -0.3 is 5.32 Å². The van der Waals surface area contributed by atoms with E-state index in [1.807, 2.05) is 19.2 Å². The molecular formula is C17H27FN2. The molecule has 0 aromatic heterocycles. The fourth-order valence-electron chi connectivity index (χ4n) is 3.43. The third-order valence-corrected chi connectivity index (χ3v) is 4.84. The van der Waals surface area contributed by atoms with Crippen LogP contribution in [-0.4, -0.2) is 31.1 Å². The molecule has 3 atom stereocenters. The first-order valence-electron chi connectivity index (χ1n) is 7.78. The van der Waals surface area contributed by atoms with Crippen LogP contribution in [0.1, 0.15) is 50.6 Å². The Kier molecular flexibility index (Phi) is 5.55. The van der Waals surface area contributed by atoms with Gasteiger partial charge in [0.2, 0.25) is 0 Å². The quantitative estimate of drug-likeness (QED) is 0.844. The first kappa shape index (κ1) is 15.5. The minimum Gasteiger partial charge on any atom is -0.315 e. The van der Waals surface area contributed by atoms with Crippen molar-refractivity contribution in [1.29, 1.82) is 0 Å². The van der Waals surface area contributed by atoms with Crippen molar-refractivity contribution in [3.05, 3.63) is 35.6 Å². The van der Waals surface area contributed by atoms with Crippen LogP contribution in [0, 0.1) is 5.82 Å². The molecule has 2 nitrogen and oxygen atoms in total. The summed E-state index contributed by atoms with van der Waals surface area (Å²) in [5, 5.41) is 3.46. The molecule has 1 aliphatic rings. The third-order valence-electron chi connectivity index (χ3n) is 4.84. The molecule has 3 unspecified atom stereocenters. The Morgan fingerprint density at radius 2 is 1.90 bits per heavy atom. The summed E-state index contributed by atoms with van der Waals surface area (Å²) in [6.45, 7) is 2.11. The Morgan fingerprint density at radius 3 is 2.60 bits per heavy atom. The second-order valence-corrected chi connectivity index (χ2v) is 5.96. The van der Waals surface area contributed by atoms with Gasteiger partial charge in [-0.3, -0.25) is 4.90 Å². The lowest BCUT2D eigenvalue weighted by Gasteiger charge is -2.37. The minimum atomic E-state index is -0.0959. The van der Waals surface area contributed by atoms with Crippen molar-refractivity contribution >= 4 is 0 Å². The number of rotatable bonds is 4. The molecule has 1 aromatic carbocycles. The number of benzene rings is 1. The number of hydrogen-bond acceptors (Lipinski definition) is 2. The molecule has 0 amide bonds. The van der Waals surface area contributed by atoms with Crippen molar-refractivity contribution in [2.45, 2.75) is 57.2 Å². The summed E-state index contributed by atoms with van der Waals surface area (Å²) < 4.78 is 14.0. The van der Waals surface area contributed by atoms with Crippen LogP contribution in [0.25, 0.3) is 0 Å². The van der Waals surface area contributed by atoms with E-state index in [1.54, 1.807) is 12.1 Å². The third kappa shape index (κ3) is 3.39. The molecular weight excluding hydrogens is 251 g/mol. The van der Waals surface area contributed by atoms with Crippen LogP contribution in [0.3, 0.4) is 0 Å². The van der Waals surface area contributed by atoms with Crippen LogP contribution in [0.2, 0.25) is 0 Å². The van der Waals surface area contributed by atoms with E-state index < -0.39 is 0 Å². The van der Waals surface area contributed by atoms with Crippen LogP contribution in [0.4, 0.5) is 4.39 Å². The normalized spacial score (nSPS) is 25.4. The van der Waals surface area contributed by atoms with Crippen molar-refractivity contribution < 1.29 is 4.39 Å². The highest BCUT2D eigenvalue weighted by atomic mass is 19.1. The lowest BCUT2D eigenvalue weighted by molar-refractivity contribution is 0.139. The molecule has 1 aliphatic carbocycles. The molecule has 0 aliphatic heterocycles. The molecule has 0 bridgehead atoms. The zero-order chi connectivity index (χ0) is 14.5. The maximum atomic E-state index is 14.0. The first-order valence-corrected chi connectivity index (χ1v) is 7.78. The highest BCUT2D eigenvalue weighted by molar-refractivity contribution is 5.21. The molecule has 0 saturated heterocycles. The first-order chi connectivity index (χ1) is 9.65. The van der Waals surface area contributed by atoms with E-state index in [4.69, 9.17) is 0 Å². The SMILES string of the molecule is CNC1CCCCCC1N(C)C(C)c1ccccc1F. The van der Waals surface area contributed by atoms with Gasteiger partial charge in [-0.25, -0.2) is 4.39 Å². The average Bonchev–Trinajstić information content (AvgIpc) is 2.71. The summed E-state index contributed by atoms with van der Waals surface area (Å²) in [6, 6.07) is 8.24. The number of nitrogens with zero attached hydrogens (tertiary/aromatic N) is 1. The van der Waals surface area contributed by atoms with E-state index in [9.17, 15) is 4.39 Å². The number of halogens is 1. The predicted octanol–water partition coefficient (Wildman–Crippen LogP) is 3.74. The van der Waals surface area contributed by atoms with Crippen molar-refractivity contribution in [3.63, 3.8) is 0 Å². The topological polar surface area (TPSA) is 15.3 Å². The zero-order valence-electron chi connectivity index (χ0n) is 12.9. The summed E-state index contributed by atoms with van der Waals surface area (Å²) >= 11 is 0. The number of hydrogen-bond donors (Lipinski definition) is 1. The Labute approximate surface area is 122 Å². The van der Waals surface area contributed by atoms with Crippen LogP contribution < -0.4 is 5.32 Å². The van der Waals surface area contributed by atoms with Crippen molar-refractivity contribution in [2.24, 2.45) is 0 Å². The Morgan fingerprint density at radius 1 is 1.20 bits per heavy atom. The molecule has 3 heteroatoms. The lowest BCUT2D eigenvalue weighted by Crippen LogP contribution is -2.47. The Bertz CT molecular complexity index is 421. The van der Waals surface area contributed by atoms with Gasteiger partial charge in [-0.15, -0.1) is 0 Å². The van der Waals surface area contributed by atoms with Gasteiger partial charge in [-0.2, -0.15) is 0 Å². The molecule has 112 valence electrons. The van der Waals surface area contributed by atoms with Gasteiger partial charge in [0, 0.05) is 23.7 Å². The highest BCUT2D eigenvalue weighted by Gasteiger charge is 2.29. The van der Waals surface area contributed by atoms with Crippen molar-refractivity contribution in [1.82, 2.24) is 10.2 Å². The molecule has 20 heavy (non-hydrogen) atoms. The van der Waals surface area contributed by atoms with Gasteiger partial charge in [-0.05, 0) is 39.9 Å². The van der Waals surface area contributed by atoms with E-state index >= 15 is 0 Å². The minimum absolute atomic E-state index is 0.0959. The summed E-state index contributed by atoms with van der Waals surface area (Å²) in [4.78, 5) is 2.35. The molecule has 0 heterocycles. The summed E-state index contributed by atoms with van der Waals surface area (Å²) in [5.74, 6) is -0.0959. The molecule has 1 fully saturated rings. The highest BCUT2D eigenvalue weighted by Crippen LogP contribution is 2.29. The predicted molar refractivity (Wildman–Crippen MR) is 82.3 cm³/mol. The Balaban J connectivity index is 2.15. The number of nitrogens with one attached hydrogen (secondary N) is 1. The van der Waals surface area contributed by atoms with Gasteiger partial charge in [0.05, 0.1) is 0 Å². The number of likely N-dealkylation sites (N-methyl/N-ethyl adjacent to an activating group) is 2. The van der Waals surface area contributed by atoms with Crippen molar-refractivity contribution in [3.8, 4) is 0 Å². The van der Waals surface area contributed by atoms with E-state index in [0.29, 0.717) is 12.1 Å². The van der Waals surface area contributed by atoms with E-state index in [2.05, 4.69) is 24.2 Å². The fraction of sp³-hybridized carbons (Fsp3) is 0.647. The molecule has 1 N–H and O–H groups in total. The van der Waals surface area contributed by atoms with Crippen LogP contribution >= 0.6 is 0 Å². The van der Waals surface area contributed by atoms with Gasteiger partial charge in [0.25, 0.3) is 0 Å². The fourth-order valence-corrected chi connectivity index (χ4v) is 3.43. The largest absolute Gasteiger partial charge is 0.315 e. The van der Waals surface area contributed by atoms with Gasteiger partial charge in [0.15, 0.2) is 0 Å². The monoisotopic (exact) mass is 278 g/mol. The second-order valence-electron chi connectivity index (χ2n) is 5.96. The smallest absolute Gasteiger partial charge is 0.127 e. The van der Waals surface area contributed by atoms with Crippen LogP contribution in [0.5, 0.6) is 0 Å². The van der Waals surface area contributed by atoms with Gasteiger partial charge in [-0.1, -0.05) is 37.5 Å². The average molecular weight is 278 g/mol. The molecule has 1 aromatic rings. The summed E-state index contributed by atoms with van der Waals surface area (Å²) in [5.41, 5.74) is 0.800. The van der Waals surface area contributed by atoms with E-state index in [0.717, 1.165) is 5.56 Å². The van der Waals surface area contributed by atoms with E-state index in [-0.39, 0.29) is 11.9 Å². The van der Waals surface area contributed by atoms with Crippen molar-refractivity contribution in [2.75, 3.05) is 14.1 Å². The van der Waals surface area contributed by atoms with Gasteiger partial charge in [0.1, 0.15) is 5.82 Å². The van der Waals surface area contributed by atoms with Gasteiger partial charge >= 0.3 is 0 Å². The maximum absolute atomic E-state index is 14.0. The van der Waals surface area contributed by atoms with Crippen LogP contribution in [0.15, 0.2) is 24.3 Å². The Hall–Kier alpha value is -0.930. The second kappa shape index (κ2) is 7.19. The summed E-state index contributed by atoms with van der Waals surface area (Å²) in [6.07, 6.45) is 6.30. The molecule has 2 rings (SSSR count). The molecule has 0 spiro atoms. The maximum Gasteiger partial charge on any atom is 0.127 e. The molecule has 1 saturated carbocycles. The zero-order valence-corrected chi connectivity index (χ0v) is 12.9. The lowest BCUT2D eigenvalue weighted by atomic mass is 9.98.